The lowest BCUT2D eigenvalue weighted by molar-refractivity contribution is 0.641. The Balaban J connectivity index is 1.70. The summed E-state index contributed by atoms with van der Waals surface area (Å²) in [5, 5.41) is 3.11. The fourth-order valence-corrected chi connectivity index (χ4v) is 2.95. The number of hydrogen-bond donors (Lipinski definition) is 1. The number of nitrogens with two attached hydrogens (primary N) is 1. The van der Waals surface area contributed by atoms with Gasteiger partial charge in [0.05, 0.1) is 5.69 Å². The lowest BCUT2D eigenvalue weighted by Crippen LogP contribution is -2.47. The van der Waals surface area contributed by atoms with Gasteiger partial charge in [-0.15, -0.1) is 11.3 Å². The summed E-state index contributed by atoms with van der Waals surface area (Å²) in [6.07, 6.45) is 5.26. The molecule has 6 nitrogen and oxygen atoms in total. The minimum absolute atomic E-state index is 0.426. The largest absolute Gasteiger partial charge is 0.352 e. The van der Waals surface area contributed by atoms with Crippen molar-refractivity contribution in [3.63, 3.8) is 0 Å². The highest BCUT2D eigenvalue weighted by Crippen LogP contribution is 2.22. The number of rotatable bonds is 3. The molecule has 0 aromatic carbocycles. The van der Waals surface area contributed by atoms with E-state index in [1.165, 1.54) is 0 Å². The van der Waals surface area contributed by atoms with Crippen molar-refractivity contribution >= 4 is 22.3 Å². The number of piperazine rings is 1. The third-order valence-corrected chi connectivity index (χ3v) is 4.05. The summed E-state index contributed by atoms with van der Waals surface area (Å²) in [6, 6.07) is 0. The number of aromatic nitrogens is 3. The summed E-state index contributed by atoms with van der Waals surface area (Å²) in [6.45, 7) is 4.18. The molecule has 3 rings (SSSR count). The normalized spacial score (nSPS) is 15.8. The lowest BCUT2D eigenvalue weighted by Gasteiger charge is -2.35. The molecule has 2 N–H and O–H groups in total. The van der Waals surface area contributed by atoms with E-state index in [1.54, 1.807) is 23.7 Å². The van der Waals surface area contributed by atoms with Crippen molar-refractivity contribution in [1.29, 1.82) is 0 Å². The second-order valence-electron chi connectivity index (χ2n) is 4.32. The highest BCUT2D eigenvalue weighted by Gasteiger charge is 2.21. The van der Waals surface area contributed by atoms with E-state index in [9.17, 15) is 0 Å². The van der Waals surface area contributed by atoms with Gasteiger partial charge in [-0.2, -0.15) is 0 Å². The topological polar surface area (TPSA) is 71.2 Å². The molecule has 3 heterocycles. The fourth-order valence-electron chi connectivity index (χ4n) is 2.25. The number of nitrogens with zero attached hydrogens (tertiary/aromatic N) is 5. The summed E-state index contributed by atoms with van der Waals surface area (Å²) in [7, 11) is 0. The second-order valence-corrected chi connectivity index (χ2v) is 5.19. The summed E-state index contributed by atoms with van der Waals surface area (Å²) in [5.74, 6) is 0.920. The maximum absolute atomic E-state index is 5.71. The Bertz CT molecular complexity index is 521. The van der Waals surface area contributed by atoms with E-state index in [0.717, 1.165) is 42.8 Å². The maximum Gasteiger partial charge on any atom is 0.185 e. The van der Waals surface area contributed by atoms with E-state index in [0.29, 0.717) is 6.54 Å². The quantitative estimate of drug-likeness (QED) is 0.890. The predicted octanol–water partition coefficient (Wildman–Crippen LogP) is 0.718. The van der Waals surface area contributed by atoms with Crippen molar-refractivity contribution in [3.05, 3.63) is 29.7 Å². The smallest absolute Gasteiger partial charge is 0.185 e. The zero-order valence-corrected chi connectivity index (χ0v) is 11.4. The van der Waals surface area contributed by atoms with Crippen LogP contribution in [0.3, 0.4) is 0 Å². The van der Waals surface area contributed by atoms with Crippen LogP contribution < -0.4 is 15.5 Å². The third-order valence-electron chi connectivity index (χ3n) is 3.21. The predicted molar refractivity (Wildman–Crippen MR) is 76.5 cm³/mol. The molecule has 2 aromatic rings. The first-order valence-electron chi connectivity index (χ1n) is 6.28. The second kappa shape index (κ2) is 5.50. The van der Waals surface area contributed by atoms with E-state index in [2.05, 4.69) is 24.8 Å². The molecular formula is C12H16N6S. The van der Waals surface area contributed by atoms with E-state index in [4.69, 9.17) is 5.73 Å². The van der Waals surface area contributed by atoms with Gasteiger partial charge in [0.15, 0.2) is 10.9 Å². The van der Waals surface area contributed by atoms with Crippen LogP contribution in [0.5, 0.6) is 0 Å². The van der Waals surface area contributed by atoms with Crippen LogP contribution in [-0.4, -0.2) is 41.1 Å². The molecule has 1 fully saturated rings. The third kappa shape index (κ3) is 2.52. The molecule has 19 heavy (non-hydrogen) atoms. The van der Waals surface area contributed by atoms with Crippen LogP contribution in [0.1, 0.15) is 5.69 Å². The fraction of sp³-hybridized carbons (Fsp3) is 0.417. The van der Waals surface area contributed by atoms with Gasteiger partial charge < -0.3 is 15.5 Å². The van der Waals surface area contributed by atoms with Gasteiger partial charge in [0.1, 0.15) is 0 Å². The van der Waals surface area contributed by atoms with Gasteiger partial charge in [-0.05, 0) is 0 Å². The van der Waals surface area contributed by atoms with Gasteiger partial charge in [0.25, 0.3) is 0 Å². The molecule has 0 saturated carbocycles. The van der Waals surface area contributed by atoms with Crippen molar-refractivity contribution in [2.24, 2.45) is 5.73 Å². The lowest BCUT2D eigenvalue weighted by atomic mass is 10.3. The molecule has 7 heteroatoms. The maximum atomic E-state index is 5.71. The number of thiazole rings is 1. The Morgan fingerprint density at radius 2 is 1.74 bits per heavy atom. The van der Waals surface area contributed by atoms with Crippen LogP contribution in [0.15, 0.2) is 24.0 Å². The Labute approximate surface area is 115 Å². The van der Waals surface area contributed by atoms with Crippen molar-refractivity contribution in [3.8, 4) is 0 Å². The first kappa shape index (κ1) is 12.3. The van der Waals surface area contributed by atoms with Crippen LogP contribution in [0.4, 0.5) is 10.9 Å². The summed E-state index contributed by atoms with van der Waals surface area (Å²) < 4.78 is 0. The molecule has 1 aliphatic rings. The minimum atomic E-state index is 0.426. The molecule has 0 bridgehead atoms. The molecule has 100 valence electrons. The van der Waals surface area contributed by atoms with Crippen LogP contribution in [0.2, 0.25) is 0 Å². The summed E-state index contributed by atoms with van der Waals surface area (Å²) >= 11 is 1.68. The minimum Gasteiger partial charge on any atom is -0.352 e. The Morgan fingerprint density at radius 3 is 2.42 bits per heavy atom. The van der Waals surface area contributed by atoms with E-state index in [1.807, 2.05) is 11.6 Å². The summed E-state index contributed by atoms with van der Waals surface area (Å²) in [4.78, 5) is 17.6. The first-order valence-corrected chi connectivity index (χ1v) is 7.16. The van der Waals surface area contributed by atoms with Crippen LogP contribution in [-0.2, 0) is 6.54 Å². The molecule has 2 aromatic heterocycles. The summed E-state index contributed by atoms with van der Waals surface area (Å²) in [5.41, 5.74) is 6.58. The Hall–Kier alpha value is -1.73. The highest BCUT2D eigenvalue weighted by atomic mass is 32.1. The van der Waals surface area contributed by atoms with Gasteiger partial charge in [0, 0.05) is 56.7 Å². The van der Waals surface area contributed by atoms with Gasteiger partial charge >= 0.3 is 0 Å². The van der Waals surface area contributed by atoms with Crippen molar-refractivity contribution in [1.82, 2.24) is 15.0 Å². The first-order chi connectivity index (χ1) is 9.38. The SMILES string of the molecule is NCc1nccnc1N1CCN(c2nccs2)CC1. The molecular weight excluding hydrogens is 260 g/mol. The average Bonchev–Trinajstić information content (AvgIpc) is 3.02. The molecule has 0 spiro atoms. The Morgan fingerprint density at radius 1 is 1.00 bits per heavy atom. The number of hydrogen-bond acceptors (Lipinski definition) is 7. The molecule has 0 radical (unpaired) electrons. The van der Waals surface area contributed by atoms with Crippen LogP contribution in [0, 0.1) is 0 Å². The zero-order chi connectivity index (χ0) is 13.1. The monoisotopic (exact) mass is 276 g/mol. The van der Waals surface area contributed by atoms with E-state index in [-0.39, 0.29) is 0 Å². The van der Waals surface area contributed by atoms with Gasteiger partial charge in [-0.1, -0.05) is 0 Å². The molecule has 0 amide bonds. The van der Waals surface area contributed by atoms with Crippen molar-refractivity contribution in [2.45, 2.75) is 6.54 Å². The highest BCUT2D eigenvalue weighted by molar-refractivity contribution is 7.13. The van der Waals surface area contributed by atoms with Crippen LogP contribution >= 0.6 is 11.3 Å². The average molecular weight is 276 g/mol. The van der Waals surface area contributed by atoms with E-state index < -0.39 is 0 Å². The standard InChI is InChI=1S/C12H16N6S/c13-9-10-11(15-2-1-14-10)17-4-6-18(7-5-17)12-16-3-8-19-12/h1-3,8H,4-7,9,13H2. The van der Waals surface area contributed by atoms with Crippen LogP contribution in [0.25, 0.3) is 0 Å². The van der Waals surface area contributed by atoms with Crippen molar-refractivity contribution in [2.75, 3.05) is 36.0 Å². The molecule has 0 unspecified atom stereocenters. The molecule has 0 aliphatic carbocycles. The molecule has 1 aliphatic heterocycles. The van der Waals surface area contributed by atoms with Gasteiger partial charge in [-0.25, -0.2) is 9.97 Å². The van der Waals surface area contributed by atoms with E-state index >= 15 is 0 Å². The van der Waals surface area contributed by atoms with Gasteiger partial charge in [-0.3, -0.25) is 4.98 Å². The Kier molecular flexibility index (Phi) is 3.56. The zero-order valence-electron chi connectivity index (χ0n) is 10.6. The molecule has 0 atom stereocenters. The molecule has 1 saturated heterocycles. The number of anilines is 2. The van der Waals surface area contributed by atoms with Gasteiger partial charge in [0.2, 0.25) is 0 Å². The van der Waals surface area contributed by atoms with Crippen molar-refractivity contribution < 1.29 is 0 Å².